The smallest absolute Gasteiger partial charge is 0.168 e. The molecule has 1 saturated carbocycles. The first-order valence-corrected chi connectivity index (χ1v) is 8.05. The maximum Gasteiger partial charge on any atom is 0.168 e. The Morgan fingerprint density at radius 3 is 2.59 bits per heavy atom. The summed E-state index contributed by atoms with van der Waals surface area (Å²) in [6.07, 6.45) is 4.85. The van der Waals surface area contributed by atoms with Gasteiger partial charge >= 0.3 is 0 Å². The van der Waals surface area contributed by atoms with Crippen LogP contribution in [0.15, 0.2) is 36.9 Å². The molecule has 5 heteroatoms. The van der Waals surface area contributed by atoms with Crippen LogP contribution in [0, 0.1) is 17.3 Å². The average molecular weight is 320 g/mol. The molecule has 3 atom stereocenters. The molecule has 1 N–H and O–H groups in total. The Morgan fingerprint density at radius 1 is 1.32 bits per heavy atom. The van der Waals surface area contributed by atoms with Gasteiger partial charge in [0.1, 0.15) is 12.7 Å². The van der Waals surface area contributed by atoms with Gasteiger partial charge in [0.15, 0.2) is 5.72 Å². The van der Waals surface area contributed by atoms with Crippen LogP contribution in [0.1, 0.15) is 32.8 Å². The molecule has 0 spiro atoms. The van der Waals surface area contributed by atoms with Crippen molar-refractivity contribution in [2.45, 2.75) is 39.3 Å². The first-order valence-electron chi connectivity index (χ1n) is 7.67. The lowest BCUT2D eigenvalue weighted by molar-refractivity contribution is -0.162. The molecule has 3 rings (SSSR count). The summed E-state index contributed by atoms with van der Waals surface area (Å²) in [6, 6.07) is 7.85. The minimum absolute atomic E-state index is 0.0837. The van der Waals surface area contributed by atoms with E-state index in [1.165, 1.54) is 11.9 Å². The highest BCUT2D eigenvalue weighted by Crippen LogP contribution is 2.56. The lowest BCUT2D eigenvalue weighted by Gasteiger charge is -2.42. The van der Waals surface area contributed by atoms with Crippen molar-refractivity contribution < 1.29 is 5.11 Å². The van der Waals surface area contributed by atoms with Crippen molar-refractivity contribution in [3.8, 4) is 0 Å². The molecular weight excluding hydrogens is 298 g/mol. The molecule has 22 heavy (non-hydrogen) atoms. The largest absolute Gasteiger partial charge is 0.368 e. The number of aliphatic hydroxyl groups is 1. The number of rotatable bonds is 3. The number of nitrogens with zero attached hydrogens (tertiary/aromatic N) is 3. The van der Waals surface area contributed by atoms with Crippen LogP contribution in [0.25, 0.3) is 0 Å². The molecule has 0 bridgehead atoms. The molecule has 1 aromatic carbocycles. The van der Waals surface area contributed by atoms with Crippen molar-refractivity contribution in [1.29, 1.82) is 0 Å². The molecule has 1 aliphatic carbocycles. The van der Waals surface area contributed by atoms with Crippen LogP contribution in [0.2, 0.25) is 5.02 Å². The Bertz CT molecular complexity index is 638. The fourth-order valence-electron chi connectivity index (χ4n) is 3.77. The van der Waals surface area contributed by atoms with E-state index in [2.05, 4.69) is 30.9 Å². The van der Waals surface area contributed by atoms with Gasteiger partial charge in [-0.2, -0.15) is 5.10 Å². The zero-order valence-corrected chi connectivity index (χ0v) is 14.0. The molecular formula is C17H22ClN3O. The van der Waals surface area contributed by atoms with E-state index in [1.807, 2.05) is 24.3 Å². The molecule has 1 aliphatic rings. The third-order valence-corrected chi connectivity index (χ3v) is 5.80. The molecule has 1 heterocycles. The Balaban J connectivity index is 1.97. The van der Waals surface area contributed by atoms with Gasteiger partial charge in [0.25, 0.3) is 0 Å². The van der Waals surface area contributed by atoms with Gasteiger partial charge in [-0.1, -0.05) is 44.5 Å². The Morgan fingerprint density at radius 2 is 2.00 bits per heavy atom. The number of aromatic nitrogens is 3. The van der Waals surface area contributed by atoms with Crippen LogP contribution < -0.4 is 0 Å². The second kappa shape index (κ2) is 5.36. The van der Waals surface area contributed by atoms with E-state index in [-0.39, 0.29) is 11.3 Å². The Hall–Kier alpha value is -1.39. The van der Waals surface area contributed by atoms with E-state index >= 15 is 0 Å². The quantitative estimate of drug-likeness (QED) is 0.942. The van der Waals surface area contributed by atoms with Gasteiger partial charge in [0.05, 0.1) is 0 Å². The van der Waals surface area contributed by atoms with Crippen molar-refractivity contribution in [2.24, 2.45) is 17.3 Å². The van der Waals surface area contributed by atoms with E-state index in [0.717, 1.165) is 17.9 Å². The van der Waals surface area contributed by atoms with Gasteiger partial charge in [-0.25, -0.2) is 9.67 Å². The van der Waals surface area contributed by atoms with Crippen LogP contribution in [0.4, 0.5) is 0 Å². The van der Waals surface area contributed by atoms with Crippen LogP contribution in [-0.4, -0.2) is 19.9 Å². The number of halogens is 1. The fraction of sp³-hybridized carbons (Fsp3) is 0.529. The summed E-state index contributed by atoms with van der Waals surface area (Å²) >= 11 is 5.96. The molecule has 3 unspecified atom stereocenters. The van der Waals surface area contributed by atoms with Crippen molar-refractivity contribution in [1.82, 2.24) is 14.8 Å². The zero-order chi connectivity index (χ0) is 16.0. The number of benzene rings is 1. The van der Waals surface area contributed by atoms with Gasteiger partial charge < -0.3 is 5.11 Å². The van der Waals surface area contributed by atoms with Crippen LogP contribution in [-0.2, 0) is 12.1 Å². The minimum atomic E-state index is -1.04. The van der Waals surface area contributed by atoms with Crippen molar-refractivity contribution in [3.63, 3.8) is 0 Å². The van der Waals surface area contributed by atoms with Crippen LogP contribution in [0.5, 0.6) is 0 Å². The molecule has 1 fully saturated rings. The summed E-state index contributed by atoms with van der Waals surface area (Å²) in [7, 11) is 0. The van der Waals surface area contributed by atoms with E-state index < -0.39 is 5.72 Å². The van der Waals surface area contributed by atoms with Crippen LogP contribution >= 0.6 is 11.6 Å². The normalized spacial score (nSPS) is 30.6. The first kappa shape index (κ1) is 15.5. The topological polar surface area (TPSA) is 50.9 Å². The summed E-state index contributed by atoms with van der Waals surface area (Å²) in [5, 5.41) is 16.5. The molecule has 0 saturated heterocycles. The van der Waals surface area contributed by atoms with Gasteiger partial charge in [-0.05, 0) is 36.5 Å². The Labute approximate surface area is 136 Å². The molecule has 4 nitrogen and oxygen atoms in total. The lowest BCUT2D eigenvalue weighted by atomic mass is 9.75. The van der Waals surface area contributed by atoms with Gasteiger partial charge in [0.2, 0.25) is 0 Å². The summed E-state index contributed by atoms with van der Waals surface area (Å²) in [6.45, 7) is 6.42. The third kappa shape index (κ3) is 2.25. The zero-order valence-electron chi connectivity index (χ0n) is 13.2. The first-order chi connectivity index (χ1) is 10.4. The SMILES string of the molecule is CC1CC(Cc2ccc(Cl)cc2)C(O)(n2cncn2)C1(C)C. The number of hydrogen-bond donors (Lipinski definition) is 1. The predicted octanol–water partition coefficient (Wildman–Crippen LogP) is 3.50. The predicted molar refractivity (Wildman–Crippen MR) is 86.4 cm³/mol. The van der Waals surface area contributed by atoms with Gasteiger partial charge in [-0.15, -0.1) is 0 Å². The highest BCUT2D eigenvalue weighted by atomic mass is 35.5. The second-order valence-corrected chi connectivity index (χ2v) is 7.39. The summed E-state index contributed by atoms with van der Waals surface area (Å²) in [5.74, 6) is 0.472. The van der Waals surface area contributed by atoms with E-state index in [9.17, 15) is 5.11 Å². The summed E-state index contributed by atoms with van der Waals surface area (Å²) in [4.78, 5) is 4.03. The highest BCUT2D eigenvalue weighted by Gasteiger charge is 2.59. The second-order valence-electron chi connectivity index (χ2n) is 6.95. The summed E-state index contributed by atoms with van der Waals surface area (Å²) < 4.78 is 1.64. The maximum absolute atomic E-state index is 11.6. The van der Waals surface area contributed by atoms with Crippen molar-refractivity contribution in [3.05, 3.63) is 47.5 Å². The maximum atomic E-state index is 11.6. The lowest BCUT2D eigenvalue weighted by Crippen LogP contribution is -2.49. The molecule has 118 valence electrons. The summed E-state index contributed by atoms with van der Waals surface area (Å²) in [5.41, 5.74) is -0.141. The minimum Gasteiger partial charge on any atom is -0.368 e. The molecule has 2 aromatic rings. The van der Waals surface area contributed by atoms with Crippen molar-refractivity contribution in [2.75, 3.05) is 0 Å². The van der Waals surface area contributed by atoms with Crippen LogP contribution in [0.3, 0.4) is 0 Å². The molecule has 0 aliphatic heterocycles. The molecule has 0 amide bonds. The van der Waals surface area contributed by atoms with E-state index in [4.69, 9.17) is 11.6 Å². The van der Waals surface area contributed by atoms with Crippen molar-refractivity contribution >= 4 is 11.6 Å². The van der Waals surface area contributed by atoms with E-state index in [1.54, 1.807) is 11.0 Å². The average Bonchev–Trinajstić information content (AvgIpc) is 3.06. The fourth-order valence-corrected chi connectivity index (χ4v) is 3.90. The molecule has 1 aromatic heterocycles. The number of hydrogen-bond acceptors (Lipinski definition) is 3. The van der Waals surface area contributed by atoms with Gasteiger partial charge in [0, 0.05) is 16.4 Å². The van der Waals surface area contributed by atoms with Gasteiger partial charge in [-0.3, -0.25) is 0 Å². The standard InChI is InChI=1S/C17H22ClN3O/c1-12-8-14(9-13-4-6-15(18)7-5-13)17(22,16(12,2)3)21-11-19-10-20-21/h4-7,10-12,14,22H,8-9H2,1-3H3. The monoisotopic (exact) mass is 319 g/mol. The van der Waals surface area contributed by atoms with E-state index in [0.29, 0.717) is 5.92 Å². The third-order valence-electron chi connectivity index (χ3n) is 5.55. The highest BCUT2D eigenvalue weighted by molar-refractivity contribution is 6.30. The Kier molecular flexibility index (Phi) is 3.77. The molecule has 0 radical (unpaired) electrons.